The molecule has 0 aliphatic carbocycles. The number of primary sulfonamides is 1. The Bertz CT molecular complexity index is 1180. The molecule has 1 aromatic carbocycles. The van der Waals surface area contributed by atoms with Crippen molar-refractivity contribution in [1.29, 1.82) is 0 Å². The summed E-state index contributed by atoms with van der Waals surface area (Å²) in [5.74, 6) is -1.30. The number of morpholine rings is 1. The molecule has 8 nitrogen and oxygen atoms in total. The Morgan fingerprint density at radius 3 is 2.70 bits per heavy atom. The van der Waals surface area contributed by atoms with E-state index in [0.29, 0.717) is 47.7 Å². The van der Waals surface area contributed by atoms with Gasteiger partial charge in [0.15, 0.2) is 5.13 Å². The van der Waals surface area contributed by atoms with Crippen molar-refractivity contribution < 1.29 is 17.5 Å². The molecular formula is C18H17ClFN5O3S2. The van der Waals surface area contributed by atoms with E-state index in [2.05, 4.69) is 19.9 Å². The first-order valence-electron chi connectivity index (χ1n) is 8.92. The largest absolute Gasteiger partial charge is 0.378 e. The minimum atomic E-state index is -3.90. The predicted molar refractivity (Wildman–Crippen MR) is 113 cm³/mol. The van der Waals surface area contributed by atoms with Gasteiger partial charge in [-0.15, -0.1) is 0 Å². The van der Waals surface area contributed by atoms with Gasteiger partial charge in [-0.2, -0.15) is 0 Å². The summed E-state index contributed by atoms with van der Waals surface area (Å²) < 4.78 is 43.6. The Morgan fingerprint density at radius 1 is 1.23 bits per heavy atom. The number of benzene rings is 1. The highest BCUT2D eigenvalue weighted by molar-refractivity contribution is 7.88. The molecule has 2 N–H and O–H groups in total. The van der Waals surface area contributed by atoms with Crippen LogP contribution in [0.25, 0.3) is 21.8 Å². The molecular weight excluding hydrogens is 453 g/mol. The summed E-state index contributed by atoms with van der Waals surface area (Å²) in [5.41, 5.74) is 0.988. The Balaban J connectivity index is 1.86. The van der Waals surface area contributed by atoms with E-state index in [-0.39, 0.29) is 16.4 Å². The van der Waals surface area contributed by atoms with E-state index in [4.69, 9.17) is 21.5 Å². The smallest absolute Gasteiger partial charge is 0.222 e. The molecule has 0 saturated carbocycles. The second-order valence-corrected chi connectivity index (χ2v) is 9.50. The van der Waals surface area contributed by atoms with Crippen molar-refractivity contribution in [2.24, 2.45) is 5.14 Å². The number of rotatable bonds is 5. The van der Waals surface area contributed by atoms with Crippen LogP contribution in [0.5, 0.6) is 0 Å². The van der Waals surface area contributed by atoms with Crippen LogP contribution >= 0.6 is 22.9 Å². The monoisotopic (exact) mass is 469 g/mol. The predicted octanol–water partition coefficient (Wildman–Crippen LogP) is 2.68. The van der Waals surface area contributed by atoms with Gasteiger partial charge in [-0.25, -0.2) is 32.9 Å². The average Bonchev–Trinajstić information content (AvgIpc) is 3.14. The molecule has 12 heteroatoms. The molecule has 3 aromatic rings. The number of aromatic nitrogens is 3. The molecule has 4 rings (SSSR count). The summed E-state index contributed by atoms with van der Waals surface area (Å²) >= 11 is 7.31. The van der Waals surface area contributed by atoms with Crippen molar-refractivity contribution in [3.63, 3.8) is 0 Å². The molecule has 1 fully saturated rings. The molecule has 2 aromatic heterocycles. The topological polar surface area (TPSA) is 111 Å². The third-order valence-electron chi connectivity index (χ3n) is 4.45. The maximum Gasteiger partial charge on any atom is 0.222 e. The maximum absolute atomic E-state index is 15.3. The van der Waals surface area contributed by atoms with Crippen molar-refractivity contribution in [2.45, 2.75) is 5.75 Å². The van der Waals surface area contributed by atoms with Gasteiger partial charge in [-0.1, -0.05) is 23.5 Å². The van der Waals surface area contributed by atoms with E-state index in [9.17, 15) is 8.42 Å². The van der Waals surface area contributed by atoms with E-state index in [0.717, 1.165) is 0 Å². The van der Waals surface area contributed by atoms with Crippen molar-refractivity contribution in [3.05, 3.63) is 47.1 Å². The minimum Gasteiger partial charge on any atom is -0.378 e. The van der Waals surface area contributed by atoms with Crippen LogP contribution in [0, 0.1) is 5.82 Å². The second-order valence-electron chi connectivity index (χ2n) is 6.57. The highest BCUT2D eigenvalue weighted by Crippen LogP contribution is 2.41. The molecule has 0 spiro atoms. The molecule has 0 bridgehead atoms. The highest BCUT2D eigenvalue weighted by Gasteiger charge is 2.24. The fourth-order valence-electron chi connectivity index (χ4n) is 3.11. The summed E-state index contributed by atoms with van der Waals surface area (Å²) in [6.45, 7) is 2.46. The number of hydrogen-bond donors (Lipinski definition) is 1. The number of sulfonamides is 1. The third-order valence-corrected chi connectivity index (χ3v) is 6.48. The van der Waals surface area contributed by atoms with Crippen LogP contribution in [-0.4, -0.2) is 49.7 Å². The summed E-state index contributed by atoms with van der Waals surface area (Å²) in [6, 6.07) is 6.17. The van der Waals surface area contributed by atoms with Gasteiger partial charge < -0.3 is 9.64 Å². The zero-order valence-electron chi connectivity index (χ0n) is 15.6. The summed E-state index contributed by atoms with van der Waals surface area (Å²) in [5, 5.41) is 5.85. The van der Waals surface area contributed by atoms with Gasteiger partial charge in [-0.3, -0.25) is 0 Å². The van der Waals surface area contributed by atoms with Crippen molar-refractivity contribution >= 4 is 38.1 Å². The first-order chi connectivity index (χ1) is 14.3. The van der Waals surface area contributed by atoms with E-state index in [1.54, 1.807) is 18.2 Å². The van der Waals surface area contributed by atoms with Crippen LogP contribution in [0.1, 0.15) is 5.56 Å². The Hall–Kier alpha value is -2.18. The Kier molecular flexibility index (Phi) is 5.98. The molecule has 0 amide bonds. The van der Waals surface area contributed by atoms with Gasteiger partial charge in [0.1, 0.15) is 5.82 Å². The SMILES string of the molecule is NS(=O)(=O)Cc1cccc(-c2nc(N3CCOCC3)sc2-c2ccnc(Cl)n2)c1F. The van der Waals surface area contributed by atoms with E-state index in [1.807, 2.05) is 0 Å². The number of anilines is 1. The summed E-state index contributed by atoms with van der Waals surface area (Å²) in [6.07, 6.45) is 1.51. The quantitative estimate of drug-likeness (QED) is 0.572. The van der Waals surface area contributed by atoms with Gasteiger partial charge >= 0.3 is 0 Å². The van der Waals surface area contributed by atoms with Crippen LogP contribution in [0.3, 0.4) is 0 Å². The zero-order chi connectivity index (χ0) is 21.3. The number of nitrogens with two attached hydrogens (primary N) is 1. The number of hydrogen-bond acceptors (Lipinski definition) is 8. The Labute approximate surface area is 181 Å². The minimum absolute atomic E-state index is 0.0254. The lowest BCUT2D eigenvalue weighted by Crippen LogP contribution is -2.36. The van der Waals surface area contributed by atoms with E-state index < -0.39 is 21.6 Å². The van der Waals surface area contributed by atoms with Gasteiger partial charge in [0, 0.05) is 30.4 Å². The fraction of sp³-hybridized carbons (Fsp3) is 0.278. The molecule has 1 aliphatic rings. The zero-order valence-corrected chi connectivity index (χ0v) is 18.0. The lowest BCUT2D eigenvalue weighted by atomic mass is 10.1. The number of ether oxygens (including phenoxy) is 1. The van der Waals surface area contributed by atoms with Crippen LogP contribution < -0.4 is 10.0 Å². The number of thiazole rings is 1. The van der Waals surface area contributed by atoms with Crippen LogP contribution in [-0.2, 0) is 20.5 Å². The molecule has 0 radical (unpaired) electrons. The molecule has 1 saturated heterocycles. The van der Waals surface area contributed by atoms with Crippen molar-refractivity contribution in [2.75, 3.05) is 31.2 Å². The van der Waals surface area contributed by atoms with Crippen LogP contribution in [0.15, 0.2) is 30.5 Å². The maximum atomic E-state index is 15.3. The Morgan fingerprint density at radius 2 is 2.00 bits per heavy atom. The van der Waals surface area contributed by atoms with Crippen LogP contribution in [0.4, 0.5) is 9.52 Å². The fourth-order valence-corrected chi connectivity index (χ4v) is 5.01. The summed E-state index contributed by atoms with van der Waals surface area (Å²) in [4.78, 5) is 15.5. The lowest BCUT2D eigenvalue weighted by molar-refractivity contribution is 0.122. The lowest BCUT2D eigenvalue weighted by Gasteiger charge is -2.26. The molecule has 0 unspecified atom stereocenters. The van der Waals surface area contributed by atoms with Crippen molar-refractivity contribution in [1.82, 2.24) is 15.0 Å². The van der Waals surface area contributed by atoms with E-state index in [1.165, 1.54) is 23.6 Å². The van der Waals surface area contributed by atoms with Crippen LogP contribution in [0.2, 0.25) is 5.28 Å². The van der Waals surface area contributed by atoms with Gasteiger partial charge in [0.05, 0.1) is 35.2 Å². The molecule has 0 atom stereocenters. The standard InChI is InChI=1S/C18H17ClFN5O3S2/c19-17-22-5-4-13(23-17)16-15(24-18(29-16)25-6-8-28-9-7-25)12-3-1-2-11(14(12)20)10-30(21,26)27/h1-5H,6-10H2,(H2,21,26,27). The first-order valence-corrected chi connectivity index (χ1v) is 11.8. The normalized spacial score (nSPS) is 14.8. The molecule has 158 valence electrons. The second kappa shape index (κ2) is 8.52. The highest BCUT2D eigenvalue weighted by atomic mass is 35.5. The third kappa shape index (κ3) is 4.60. The van der Waals surface area contributed by atoms with Crippen molar-refractivity contribution in [3.8, 4) is 21.8 Å². The number of halogens is 2. The molecule has 1 aliphatic heterocycles. The molecule has 30 heavy (non-hydrogen) atoms. The first kappa shape index (κ1) is 21.1. The van der Waals surface area contributed by atoms with Gasteiger partial charge in [0.25, 0.3) is 0 Å². The van der Waals surface area contributed by atoms with E-state index >= 15 is 4.39 Å². The van der Waals surface area contributed by atoms with Gasteiger partial charge in [-0.05, 0) is 23.7 Å². The average molecular weight is 470 g/mol. The number of nitrogens with zero attached hydrogens (tertiary/aromatic N) is 4. The summed E-state index contributed by atoms with van der Waals surface area (Å²) in [7, 11) is -3.90. The molecule has 3 heterocycles. The van der Waals surface area contributed by atoms with Gasteiger partial charge in [0.2, 0.25) is 15.3 Å².